The van der Waals surface area contributed by atoms with Crippen LogP contribution in [0.4, 0.5) is 0 Å². The molecule has 0 radical (unpaired) electrons. The first kappa shape index (κ1) is 17.2. The van der Waals surface area contributed by atoms with E-state index in [-0.39, 0.29) is 11.6 Å². The lowest BCUT2D eigenvalue weighted by Gasteiger charge is -2.01. The lowest BCUT2D eigenvalue weighted by molar-refractivity contribution is 0.0949. The number of halogens is 1. The number of hydrogen-bond donors (Lipinski definition) is 2. The number of carbonyl (C=O) groups excluding carboxylic acids is 1. The zero-order valence-electron chi connectivity index (χ0n) is 14.4. The van der Waals surface area contributed by atoms with Gasteiger partial charge in [0.2, 0.25) is 0 Å². The van der Waals surface area contributed by atoms with Gasteiger partial charge in [-0.1, -0.05) is 41.1 Å². The van der Waals surface area contributed by atoms with Gasteiger partial charge >= 0.3 is 0 Å². The highest BCUT2D eigenvalue weighted by Crippen LogP contribution is 2.12. The number of nitrogens with zero attached hydrogens (tertiary/aromatic N) is 4. The van der Waals surface area contributed by atoms with Gasteiger partial charge in [0.25, 0.3) is 5.91 Å². The van der Waals surface area contributed by atoms with Crippen LogP contribution >= 0.6 is 11.6 Å². The van der Waals surface area contributed by atoms with Gasteiger partial charge in [0.15, 0.2) is 5.69 Å². The summed E-state index contributed by atoms with van der Waals surface area (Å²) in [6.45, 7) is 0.958. The molecular formula is C19H17ClN6O. The molecule has 136 valence electrons. The van der Waals surface area contributed by atoms with Gasteiger partial charge in [-0.15, -0.1) is 5.10 Å². The molecule has 0 aliphatic rings. The molecule has 0 saturated heterocycles. The van der Waals surface area contributed by atoms with Crippen LogP contribution in [0.5, 0.6) is 0 Å². The first-order valence-electron chi connectivity index (χ1n) is 8.54. The third-order valence-corrected chi connectivity index (χ3v) is 4.33. The second kappa shape index (κ2) is 7.59. The Morgan fingerprint density at radius 3 is 2.93 bits per heavy atom. The van der Waals surface area contributed by atoms with E-state index < -0.39 is 0 Å². The van der Waals surface area contributed by atoms with E-state index in [1.165, 1.54) is 0 Å². The van der Waals surface area contributed by atoms with E-state index in [4.69, 9.17) is 11.6 Å². The zero-order valence-corrected chi connectivity index (χ0v) is 15.1. The molecule has 8 heteroatoms. The Hall–Kier alpha value is -3.19. The molecule has 0 atom stereocenters. The summed E-state index contributed by atoms with van der Waals surface area (Å²) in [6.07, 6.45) is 2.23. The molecule has 2 heterocycles. The molecule has 2 aromatic carbocycles. The summed E-state index contributed by atoms with van der Waals surface area (Å²) in [4.78, 5) is 20.0. The second-order valence-electron chi connectivity index (χ2n) is 6.14. The van der Waals surface area contributed by atoms with Gasteiger partial charge in [0, 0.05) is 18.0 Å². The van der Waals surface area contributed by atoms with Crippen molar-refractivity contribution < 1.29 is 4.79 Å². The summed E-state index contributed by atoms with van der Waals surface area (Å²) in [5.41, 5.74) is 3.18. The van der Waals surface area contributed by atoms with Gasteiger partial charge in [-0.05, 0) is 29.8 Å². The number of rotatable bonds is 6. The highest BCUT2D eigenvalue weighted by atomic mass is 35.5. The quantitative estimate of drug-likeness (QED) is 0.538. The maximum absolute atomic E-state index is 12.2. The number of hydrogen-bond acceptors (Lipinski definition) is 4. The summed E-state index contributed by atoms with van der Waals surface area (Å²) < 4.78 is 1.61. The molecule has 7 nitrogen and oxygen atoms in total. The van der Waals surface area contributed by atoms with Crippen molar-refractivity contribution in [2.75, 3.05) is 6.54 Å². The normalized spacial score (nSPS) is 11.0. The predicted octanol–water partition coefficient (Wildman–Crippen LogP) is 2.83. The predicted molar refractivity (Wildman–Crippen MR) is 103 cm³/mol. The summed E-state index contributed by atoms with van der Waals surface area (Å²) in [5, 5.41) is 11.4. The molecule has 0 saturated carbocycles. The maximum atomic E-state index is 12.2. The number of nitrogens with one attached hydrogen (secondary N) is 2. The van der Waals surface area contributed by atoms with Crippen LogP contribution in [-0.2, 0) is 13.0 Å². The Morgan fingerprint density at radius 2 is 2.07 bits per heavy atom. The Labute approximate surface area is 160 Å². The van der Waals surface area contributed by atoms with Crippen molar-refractivity contribution in [3.05, 3.63) is 76.8 Å². The average molecular weight is 381 g/mol. The molecule has 0 bridgehead atoms. The highest BCUT2D eigenvalue weighted by molar-refractivity contribution is 6.30. The fourth-order valence-corrected chi connectivity index (χ4v) is 3.02. The molecule has 0 aliphatic carbocycles. The second-order valence-corrected chi connectivity index (χ2v) is 6.57. The van der Waals surface area contributed by atoms with Crippen LogP contribution in [0.1, 0.15) is 21.9 Å². The summed E-state index contributed by atoms with van der Waals surface area (Å²) in [6, 6.07) is 15.3. The van der Waals surface area contributed by atoms with Gasteiger partial charge in [0.1, 0.15) is 5.82 Å². The Bertz CT molecular complexity index is 1050. The third-order valence-electron chi connectivity index (χ3n) is 4.09. The number of carbonyl (C=O) groups is 1. The van der Waals surface area contributed by atoms with Gasteiger partial charge < -0.3 is 10.3 Å². The molecule has 0 spiro atoms. The number of para-hydroxylation sites is 2. The minimum absolute atomic E-state index is 0.261. The number of imidazole rings is 1. The van der Waals surface area contributed by atoms with E-state index in [2.05, 4.69) is 25.6 Å². The van der Waals surface area contributed by atoms with Crippen LogP contribution < -0.4 is 5.32 Å². The topological polar surface area (TPSA) is 88.5 Å². The molecule has 1 amide bonds. The van der Waals surface area contributed by atoms with Crippen molar-refractivity contribution in [3.63, 3.8) is 0 Å². The largest absolute Gasteiger partial charge is 0.350 e. The van der Waals surface area contributed by atoms with Crippen LogP contribution in [0.15, 0.2) is 54.7 Å². The van der Waals surface area contributed by atoms with Crippen LogP contribution in [0, 0.1) is 0 Å². The Morgan fingerprint density at radius 1 is 1.19 bits per heavy atom. The number of aromatic amines is 1. The number of benzene rings is 2. The van der Waals surface area contributed by atoms with Gasteiger partial charge in [-0.3, -0.25) is 4.79 Å². The van der Waals surface area contributed by atoms with Crippen LogP contribution in [-0.4, -0.2) is 37.4 Å². The lowest BCUT2D eigenvalue weighted by atomic mass is 10.2. The number of H-pyrrole nitrogens is 1. The van der Waals surface area contributed by atoms with E-state index >= 15 is 0 Å². The van der Waals surface area contributed by atoms with Crippen molar-refractivity contribution >= 4 is 28.5 Å². The maximum Gasteiger partial charge on any atom is 0.273 e. The molecule has 0 unspecified atom stereocenters. The van der Waals surface area contributed by atoms with Crippen molar-refractivity contribution in [1.82, 2.24) is 30.3 Å². The zero-order chi connectivity index (χ0) is 18.6. The van der Waals surface area contributed by atoms with Crippen LogP contribution in [0.2, 0.25) is 5.02 Å². The van der Waals surface area contributed by atoms with Gasteiger partial charge in [-0.25, -0.2) is 9.67 Å². The highest BCUT2D eigenvalue weighted by Gasteiger charge is 2.11. The standard InChI is InChI=1S/C19H17ClN6O/c20-14-5-3-4-13(10-14)11-26-12-17(24-25-26)19(27)21-9-8-18-22-15-6-1-2-7-16(15)23-18/h1-7,10,12H,8-9,11H2,(H,21,27)(H,22,23). The van der Waals surface area contributed by atoms with Crippen LogP contribution in [0.25, 0.3) is 11.0 Å². The van der Waals surface area contributed by atoms with E-state index in [0.717, 1.165) is 22.4 Å². The lowest BCUT2D eigenvalue weighted by Crippen LogP contribution is -2.26. The average Bonchev–Trinajstić information content (AvgIpc) is 3.28. The minimum atomic E-state index is -0.261. The first-order chi connectivity index (χ1) is 13.2. The summed E-state index contributed by atoms with van der Waals surface area (Å²) in [5.74, 6) is 0.574. The monoisotopic (exact) mass is 380 g/mol. The van der Waals surface area contributed by atoms with Crippen molar-refractivity contribution in [3.8, 4) is 0 Å². The Balaban J connectivity index is 1.32. The fraction of sp³-hybridized carbons (Fsp3) is 0.158. The summed E-state index contributed by atoms with van der Waals surface area (Å²) in [7, 11) is 0. The minimum Gasteiger partial charge on any atom is -0.350 e. The van der Waals surface area contributed by atoms with E-state index in [1.807, 2.05) is 48.5 Å². The van der Waals surface area contributed by atoms with Crippen molar-refractivity contribution in [2.45, 2.75) is 13.0 Å². The van der Waals surface area contributed by atoms with Crippen molar-refractivity contribution in [2.24, 2.45) is 0 Å². The molecule has 2 aromatic heterocycles. The SMILES string of the molecule is O=C(NCCc1nc2ccccc2[nH]1)c1cn(Cc2cccc(Cl)c2)nn1. The molecular weight excluding hydrogens is 364 g/mol. The molecule has 0 aliphatic heterocycles. The molecule has 4 rings (SSSR count). The van der Waals surface area contributed by atoms with E-state index in [0.29, 0.717) is 24.5 Å². The molecule has 0 fully saturated rings. The summed E-state index contributed by atoms with van der Waals surface area (Å²) >= 11 is 5.98. The molecule has 4 aromatic rings. The number of aromatic nitrogens is 5. The number of fused-ring (bicyclic) bond motifs is 1. The fourth-order valence-electron chi connectivity index (χ4n) is 2.81. The van der Waals surface area contributed by atoms with E-state index in [1.54, 1.807) is 10.9 Å². The molecule has 2 N–H and O–H groups in total. The number of amides is 1. The van der Waals surface area contributed by atoms with Crippen molar-refractivity contribution in [1.29, 1.82) is 0 Å². The smallest absolute Gasteiger partial charge is 0.273 e. The van der Waals surface area contributed by atoms with Gasteiger partial charge in [-0.2, -0.15) is 0 Å². The van der Waals surface area contributed by atoms with E-state index in [9.17, 15) is 4.79 Å². The molecule has 27 heavy (non-hydrogen) atoms. The third kappa shape index (κ3) is 4.15. The Kier molecular flexibility index (Phi) is 4.84. The van der Waals surface area contributed by atoms with Gasteiger partial charge in [0.05, 0.1) is 23.8 Å². The first-order valence-corrected chi connectivity index (χ1v) is 8.91. The van der Waals surface area contributed by atoms with Crippen LogP contribution in [0.3, 0.4) is 0 Å².